The van der Waals surface area contributed by atoms with E-state index in [-0.39, 0.29) is 0 Å². The van der Waals surface area contributed by atoms with Gasteiger partial charge < -0.3 is 0 Å². The number of pyridine rings is 2. The van der Waals surface area contributed by atoms with Crippen LogP contribution in [0.1, 0.15) is 17.5 Å². The molecule has 0 radical (unpaired) electrons. The molecule has 0 aliphatic carbocycles. The maximum atomic E-state index is 2.46. The third-order valence-corrected chi connectivity index (χ3v) is 6.22. The van der Waals surface area contributed by atoms with Crippen LogP contribution in [0.5, 0.6) is 0 Å². The summed E-state index contributed by atoms with van der Waals surface area (Å²) < 4.78 is 4.90. The van der Waals surface area contributed by atoms with Gasteiger partial charge in [-0.05, 0) is 35.1 Å². The molecule has 0 bridgehead atoms. The first kappa shape index (κ1) is 15.1. The maximum Gasteiger partial charge on any atom is 0.221 e. The molecule has 2 aliphatic heterocycles. The lowest BCUT2D eigenvalue weighted by Crippen LogP contribution is -2.41. The number of nitrogens with zero attached hydrogens (tertiary/aromatic N) is 2. The number of benzene rings is 2. The van der Waals surface area contributed by atoms with E-state index < -0.39 is 0 Å². The van der Waals surface area contributed by atoms with Crippen molar-refractivity contribution in [3.05, 3.63) is 84.2 Å². The topological polar surface area (TPSA) is 7.76 Å². The number of aromatic nitrogens is 2. The molecule has 27 heavy (non-hydrogen) atoms. The minimum absolute atomic E-state index is 1.06. The minimum Gasteiger partial charge on any atom is -0.198 e. The molecular formula is C25H22N2+2. The molecule has 2 heteroatoms. The van der Waals surface area contributed by atoms with E-state index in [2.05, 4.69) is 82.2 Å². The van der Waals surface area contributed by atoms with Crippen molar-refractivity contribution in [1.29, 1.82) is 0 Å². The van der Waals surface area contributed by atoms with Crippen LogP contribution >= 0.6 is 0 Å². The second kappa shape index (κ2) is 5.75. The van der Waals surface area contributed by atoms with Crippen LogP contribution in [-0.2, 0) is 25.9 Å². The van der Waals surface area contributed by atoms with Gasteiger partial charge in [-0.1, -0.05) is 30.3 Å². The van der Waals surface area contributed by atoms with Crippen LogP contribution in [0.25, 0.3) is 33.3 Å². The Bertz CT molecular complexity index is 1210. The SMILES string of the molecule is c1cc[n+]2c(c1)-c1c(ccc3c1-c1c4ccccc4cc[n+]1CC3)CCC2. The molecule has 0 unspecified atom stereocenters. The number of hydrogen-bond donors (Lipinski definition) is 0. The molecule has 130 valence electrons. The lowest BCUT2D eigenvalue weighted by atomic mass is 9.85. The van der Waals surface area contributed by atoms with Gasteiger partial charge >= 0.3 is 0 Å². The van der Waals surface area contributed by atoms with Crippen molar-refractivity contribution in [2.45, 2.75) is 32.4 Å². The summed E-state index contributed by atoms with van der Waals surface area (Å²) in [6, 6.07) is 22.5. The number of rotatable bonds is 0. The highest BCUT2D eigenvalue weighted by Gasteiger charge is 2.33. The normalized spacial score (nSPS) is 14.7. The van der Waals surface area contributed by atoms with Crippen LogP contribution in [0.2, 0.25) is 0 Å². The van der Waals surface area contributed by atoms with Gasteiger partial charge in [-0.25, -0.2) is 0 Å². The summed E-state index contributed by atoms with van der Waals surface area (Å²) in [6.07, 6.45) is 7.96. The van der Waals surface area contributed by atoms with Gasteiger partial charge in [0.1, 0.15) is 6.54 Å². The van der Waals surface area contributed by atoms with Crippen molar-refractivity contribution in [3.8, 4) is 22.5 Å². The van der Waals surface area contributed by atoms with E-state index in [1.165, 1.54) is 50.8 Å². The summed E-state index contributed by atoms with van der Waals surface area (Å²) in [7, 11) is 0. The summed E-state index contributed by atoms with van der Waals surface area (Å²) in [4.78, 5) is 0. The molecule has 0 spiro atoms. The molecule has 0 N–H and O–H groups in total. The van der Waals surface area contributed by atoms with Gasteiger partial charge in [-0.3, -0.25) is 0 Å². The zero-order chi connectivity index (χ0) is 17.8. The summed E-state index contributed by atoms with van der Waals surface area (Å²) in [5, 5.41) is 2.69. The molecule has 4 aromatic rings. The van der Waals surface area contributed by atoms with E-state index in [1.54, 1.807) is 0 Å². The number of hydrogen-bond acceptors (Lipinski definition) is 0. The Morgan fingerprint density at radius 3 is 2.44 bits per heavy atom. The molecule has 0 fully saturated rings. The standard InChI is InChI=1S/C25H22N2/c1-2-8-21-18(6-1)12-16-27-17-13-20-11-10-19-7-5-15-26-14-4-3-9-22(26)23(19)24(20)25(21)27/h1-4,6,8-12,14,16H,5,7,13,15,17H2/q+2. The van der Waals surface area contributed by atoms with Crippen molar-refractivity contribution in [3.63, 3.8) is 0 Å². The Kier molecular flexibility index (Phi) is 3.21. The molecular weight excluding hydrogens is 328 g/mol. The van der Waals surface area contributed by atoms with Gasteiger partial charge in [0.2, 0.25) is 11.4 Å². The predicted octanol–water partition coefficient (Wildman–Crippen LogP) is 4.25. The second-order valence-electron chi connectivity index (χ2n) is 7.71. The van der Waals surface area contributed by atoms with Crippen LogP contribution < -0.4 is 9.13 Å². The molecule has 0 saturated carbocycles. The fourth-order valence-corrected chi connectivity index (χ4v) is 4.97. The smallest absolute Gasteiger partial charge is 0.198 e. The van der Waals surface area contributed by atoms with E-state index in [9.17, 15) is 0 Å². The van der Waals surface area contributed by atoms with Gasteiger partial charge in [-0.2, -0.15) is 9.13 Å². The fourth-order valence-electron chi connectivity index (χ4n) is 4.97. The first-order chi connectivity index (χ1) is 13.4. The van der Waals surface area contributed by atoms with Crippen molar-refractivity contribution in [1.82, 2.24) is 0 Å². The van der Waals surface area contributed by atoms with Crippen molar-refractivity contribution in [2.75, 3.05) is 0 Å². The van der Waals surface area contributed by atoms with E-state index in [0.29, 0.717) is 0 Å². The zero-order valence-electron chi connectivity index (χ0n) is 15.4. The highest BCUT2D eigenvalue weighted by atomic mass is 15.0. The summed E-state index contributed by atoms with van der Waals surface area (Å²) in [6.45, 7) is 2.15. The van der Waals surface area contributed by atoms with Gasteiger partial charge in [-0.15, -0.1) is 0 Å². The average Bonchev–Trinajstić information content (AvgIpc) is 2.92. The summed E-state index contributed by atoms with van der Waals surface area (Å²) in [5.41, 5.74) is 8.65. The maximum absolute atomic E-state index is 2.46. The first-order valence-corrected chi connectivity index (χ1v) is 9.95. The minimum atomic E-state index is 1.06. The summed E-state index contributed by atoms with van der Waals surface area (Å²) in [5.74, 6) is 0. The van der Waals surface area contributed by atoms with E-state index in [1.807, 2.05) is 0 Å². The Morgan fingerprint density at radius 1 is 0.630 bits per heavy atom. The lowest BCUT2D eigenvalue weighted by molar-refractivity contribution is -0.687. The van der Waals surface area contributed by atoms with Crippen molar-refractivity contribution in [2.24, 2.45) is 0 Å². The van der Waals surface area contributed by atoms with Crippen LogP contribution in [0.15, 0.2) is 73.1 Å². The lowest BCUT2D eigenvalue weighted by Gasteiger charge is -2.20. The second-order valence-corrected chi connectivity index (χ2v) is 7.71. The van der Waals surface area contributed by atoms with Crippen LogP contribution in [0.4, 0.5) is 0 Å². The van der Waals surface area contributed by atoms with Gasteiger partial charge in [0, 0.05) is 31.0 Å². The molecule has 2 aromatic heterocycles. The molecule has 4 heterocycles. The Balaban J connectivity index is 1.78. The molecule has 6 rings (SSSR count). The quantitative estimate of drug-likeness (QED) is 0.419. The molecule has 0 atom stereocenters. The zero-order valence-corrected chi connectivity index (χ0v) is 15.4. The predicted molar refractivity (Wildman–Crippen MR) is 107 cm³/mol. The van der Waals surface area contributed by atoms with E-state index in [4.69, 9.17) is 0 Å². The van der Waals surface area contributed by atoms with Crippen LogP contribution in [0.3, 0.4) is 0 Å². The molecule has 0 saturated heterocycles. The molecule has 2 nitrogen and oxygen atoms in total. The first-order valence-electron chi connectivity index (χ1n) is 9.95. The summed E-state index contributed by atoms with van der Waals surface area (Å²) >= 11 is 0. The van der Waals surface area contributed by atoms with Gasteiger partial charge in [0.15, 0.2) is 18.9 Å². The third-order valence-electron chi connectivity index (χ3n) is 6.22. The highest BCUT2D eigenvalue weighted by Crippen LogP contribution is 2.41. The van der Waals surface area contributed by atoms with E-state index in [0.717, 1.165) is 25.9 Å². The monoisotopic (exact) mass is 350 g/mol. The number of fused-ring (bicyclic) bond motifs is 9. The molecule has 2 aromatic carbocycles. The Labute approximate surface area is 159 Å². The van der Waals surface area contributed by atoms with Crippen LogP contribution in [-0.4, -0.2) is 0 Å². The van der Waals surface area contributed by atoms with Gasteiger partial charge in [0.25, 0.3) is 0 Å². The number of aryl methyl sites for hydroxylation is 4. The van der Waals surface area contributed by atoms with E-state index >= 15 is 0 Å². The third kappa shape index (κ3) is 2.19. The molecule has 2 aliphatic rings. The van der Waals surface area contributed by atoms with Crippen molar-refractivity contribution >= 4 is 10.8 Å². The Morgan fingerprint density at radius 2 is 1.48 bits per heavy atom. The highest BCUT2D eigenvalue weighted by molar-refractivity contribution is 5.98. The van der Waals surface area contributed by atoms with Crippen molar-refractivity contribution < 1.29 is 9.13 Å². The molecule has 0 amide bonds. The van der Waals surface area contributed by atoms with Crippen LogP contribution in [0, 0.1) is 0 Å². The van der Waals surface area contributed by atoms with Gasteiger partial charge in [0.05, 0.1) is 16.5 Å². The Hall–Kier alpha value is -3.00. The largest absolute Gasteiger partial charge is 0.221 e. The fraction of sp³-hybridized carbons (Fsp3) is 0.200. The average molecular weight is 350 g/mol.